The molecule has 6 heterocycles. The number of nitrogens with zero attached hydrogens (tertiary/aromatic N) is 8. The Morgan fingerprint density at radius 2 is 2.04 bits per heavy atom. The number of β-lactam (4-membered cyclic amide) rings is 1. The van der Waals surface area contributed by atoms with Gasteiger partial charge in [-0.05, 0) is 19.9 Å². The van der Waals surface area contributed by atoms with Crippen LogP contribution in [0.3, 0.4) is 0 Å². The van der Waals surface area contributed by atoms with Crippen LogP contribution in [0.2, 0.25) is 0 Å². The van der Waals surface area contributed by atoms with Gasteiger partial charge in [-0.2, -0.15) is 0 Å². The maximum atomic E-state index is 13.4. The van der Waals surface area contributed by atoms with Gasteiger partial charge in [0.2, 0.25) is 11.5 Å². The molecule has 2 aliphatic heterocycles. The lowest BCUT2D eigenvalue weighted by molar-refractivity contribution is -0.687. The molecule has 0 spiro atoms. The molecule has 1 saturated heterocycles. The van der Waals surface area contributed by atoms with E-state index < -0.39 is 46.5 Å². The SMILES string of the molecule is CN(C)C=NC(=N)c1coc(Cn2ccc3c[n+](CC4=C(C(=O)O)N5C(=O)[C@@H](NC(=O)/C(=N\OC(C)(C)C(=O)O)c6csc(N)n6)[C@H]5SC4)ccc32)n1. The number of aliphatic carboxylic acids is 2. The van der Waals surface area contributed by atoms with Crippen LogP contribution >= 0.6 is 23.1 Å². The zero-order valence-electron chi connectivity index (χ0n) is 28.7. The quantitative estimate of drug-likeness (QED) is 0.0418. The van der Waals surface area contributed by atoms with Gasteiger partial charge < -0.3 is 40.0 Å². The van der Waals surface area contributed by atoms with Crippen molar-refractivity contribution in [1.82, 2.24) is 29.7 Å². The fourth-order valence-electron chi connectivity index (χ4n) is 5.34. The summed E-state index contributed by atoms with van der Waals surface area (Å²) >= 11 is 2.31. The zero-order chi connectivity index (χ0) is 38.2. The van der Waals surface area contributed by atoms with Gasteiger partial charge in [0.05, 0.1) is 23.8 Å². The van der Waals surface area contributed by atoms with Crippen molar-refractivity contribution in [2.75, 3.05) is 25.6 Å². The van der Waals surface area contributed by atoms with Gasteiger partial charge >= 0.3 is 11.9 Å². The highest BCUT2D eigenvalue weighted by Crippen LogP contribution is 2.40. The Balaban J connectivity index is 1.16. The van der Waals surface area contributed by atoms with Gasteiger partial charge in [-0.15, -0.1) is 23.1 Å². The Morgan fingerprint density at radius 1 is 1.26 bits per heavy atom. The third kappa shape index (κ3) is 7.60. The molecule has 6 N–H and O–H groups in total. The number of oxime groups is 1. The number of aliphatic imine (C=N–C) groups is 1. The monoisotopic (exact) mass is 764 g/mol. The number of rotatable bonds is 13. The third-order valence-electron chi connectivity index (χ3n) is 8.06. The molecule has 0 bridgehead atoms. The van der Waals surface area contributed by atoms with Crippen LogP contribution in [0, 0.1) is 5.41 Å². The molecular formula is C32H34N11O8S2+. The summed E-state index contributed by atoms with van der Waals surface area (Å²) in [5.74, 6) is -3.51. The van der Waals surface area contributed by atoms with E-state index in [1.165, 1.54) is 43.6 Å². The van der Waals surface area contributed by atoms with E-state index in [1.54, 1.807) is 25.2 Å². The molecule has 0 aliphatic carbocycles. The van der Waals surface area contributed by atoms with E-state index in [9.17, 15) is 29.4 Å². The molecule has 2 aliphatic rings. The molecule has 6 rings (SSSR count). The zero-order valence-corrected chi connectivity index (χ0v) is 30.3. The number of nitrogen functional groups attached to an aromatic ring is 1. The molecule has 53 heavy (non-hydrogen) atoms. The fraction of sp³-hybridized carbons (Fsp3) is 0.312. The predicted octanol–water partition coefficient (Wildman–Crippen LogP) is 0.942. The van der Waals surface area contributed by atoms with Crippen LogP contribution < -0.4 is 15.6 Å². The van der Waals surface area contributed by atoms with Crippen molar-refractivity contribution in [3.05, 3.63) is 70.9 Å². The Labute approximate surface area is 308 Å². The predicted molar refractivity (Wildman–Crippen MR) is 192 cm³/mol. The second-order valence-electron chi connectivity index (χ2n) is 12.6. The van der Waals surface area contributed by atoms with Gasteiger partial charge in [0.25, 0.3) is 11.8 Å². The number of carboxylic acids is 2. The highest BCUT2D eigenvalue weighted by molar-refractivity contribution is 8.00. The lowest BCUT2D eigenvalue weighted by Crippen LogP contribution is -2.71. The summed E-state index contributed by atoms with van der Waals surface area (Å²) in [6.45, 7) is 2.97. The van der Waals surface area contributed by atoms with Crippen LogP contribution in [0.4, 0.5) is 5.13 Å². The Hall–Kier alpha value is -6.09. The largest absolute Gasteiger partial charge is 0.478 e. The van der Waals surface area contributed by atoms with E-state index in [-0.39, 0.29) is 34.7 Å². The number of hydrogen-bond donors (Lipinski definition) is 5. The molecule has 4 aromatic rings. The minimum Gasteiger partial charge on any atom is -0.478 e. The van der Waals surface area contributed by atoms with Crippen molar-refractivity contribution in [2.45, 2.75) is 44.0 Å². The van der Waals surface area contributed by atoms with Crippen LogP contribution in [0.5, 0.6) is 0 Å². The number of oxazole rings is 1. The highest BCUT2D eigenvalue weighted by Gasteiger charge is 2.55. The molecule has 19 nitrogen and oxygen atoms in total. The number of carbonyl (C=O) groups excluding carboxylic acids is 2. The number of anilines is 1. The lowest BCUT2D eigenvalue weighted by atomic mass is 10.0. The molecule has 1 fully saturated rings. The van der Waals surface area contributed by atoms with Gasteiger partial charge in [0.1, 0.15) is 34.8 Å². The molecule has 0 saturated carbocycles. The number of carboxylic acid groups (broad SMARTS) is 2. The van der Waals surface area contributed by atoms with Crippen LogP contribution in [0.25, 0.3) is 10.9 Å². The van der Waals surface area contributed by atoms with Crippen molar-refractivity contribution in [3.63, 3.8) is 0 Å². The summed E-state index contributed by atoms with van der Waals surface area (Å²) in [6, 6.07) is 2.67. The van der Waals surface area contributed by atoms with Gasteiger partial charge in [-0.3, -0.25) is 19.9 Å². The number of nitrogens with one attached hydrogen (secondary N) is 2. The van der Waals surface area contributed by atoms with Crippen molar-refractivity contribution in [3.8, 4) is 0 Å². The number of thiazole rings is 1. The highest BCUT2D eigenvalue weighted by atomic mass is 32.2. The smallest absolute Gasteiger partial charge is 0.352 e. The molecule has 21 heteroatoms. The van der Waals surface area contributed by atoms with Crippen molar-refractivity contribution >= 4 is 80.8 Å². The second kappa shape index (κ2) is 14.5. The summed E-state index contributed by atoms with van der Waals surface area (Å²) in [7, 11) is 3.60. The third-order valence-corrected chi connectivity index (χ3v) is 10.1. The molecule has 4 aromatic heterocycles. The number of carbonyl (C=O) groups is 4. The number of nitrogens with two attached hydrogens (primary N) is 1. The summed E-state index contributed by atoms with van der Waals surface area (Å²) in [6.07, 6.45) is 8.42. The lowest BCUT2D eigenvalue weighted by Gasteiger charge is -2.49. The van der Waals surface area contributed by atoms with Crippen LogP contribution in [0.1, 0.15) is 31.1 Å². The molecular weight excluding hydrogens is 731 g/mol. The number of thioether (sulfide) groups is 1. The molecule has 0 unspecified atom stereocenters. The Bertz CT molecular complexity index is 2240. The number of amidine groups is 1. The second-order valence-corrected chi connectivity index (χ2v) is 14.6. The van der Waals surface area contributed by atoms with Crippen molar-refractivity contribution < 1.29 is 43.2 Å². The average Bonchev–Trinajstić information content (AvgIpc) is 3.86. The standard InChI is InChI=1S/C32H33N11O8S2/c1-32(2,30(48)49)51-39-22(19-14-53-31(34)37-19)26(44)38-23-27(45)43-24(29(46)47)17(13-52-28(23)43)10-41-7-6-20-16(9-41)5-8-42(20)11-21-36-18(12-50-21)25(33)35-15-40(3)4/h5-9,12,14-15,23,28,33H,10-11,13H2,1-4H3,(H4-,34,37,38,44,46,47,48,49)/p+1/b33-25?,35-15?,39-22-/t23-,28-/m1/s1. The summed E-state index contributed by atoms with van der Waals surface area (Å²) < 4.78 is 9.33. The first kappa shape index (κ1) is 36.7. The topological polar surface area (TPSA) is 259 Å². The Kier molecular flexibility index (Phi) is 10.0. The van der Waals surface area contributed by atoms with Crippen LogP contribution in [0.15, 0.2) is 68.2 Å². The van der Waals surface area contributed by atoms with E-state index in [0.29, 0.717) is 23.7 Å². The minimum atomic E-state index is -1.78. The number of aromatic nitrogens is 4. The average molecular weight is 765 g/mol. The van der Waals surface area contributed by atoms with Crippen LogP contribution in [-0.4, -0.2) is 113 Å². The first-order valence-electron chi connectivity index (χ1n) is 15.8. The Morgan fingerprint density at radius 3 is 2.72 bits per heavy atom. The fourth-order valence-corrected chi connectivity index (χ4v) is 7.22. The number of fused-ring (bicyclic) bond motifs is 2. The maximum absolute atomic E-state index is 13.4. The van der Waals surface area contributed by atoms with Crippen molar-refractivity contribution in [1.29, 1.82) is 5.41 Å². The van der Waals surface area contributed by atoms with Crippen molar-refractivity contribution in [2.24, 2.45) is 10.1 Å². The molecule has 276 valence electrons. The maximum Gasteiger partial charge on any atom is 0.352 e. The number of amides is 2. The van der Waals surface area contributed by atoms with Gasteiger partial charge in [-0.1, -0.05) is 5.16 Å². The summed E-state index contributed by atoms with van der Waals surface area (Å²) in [5, 5.41) is 35.7. The van der Waals surface area contributed by atoms with E-state index >= 15 is 0 Å². The molecule has 0 radical (unpaired) electrons. The molecule has 0 aromatic carbocycles. The van der Waals surface area contributed by atoms with E-state index in [1.807, 2.05) is 33.7 Å². The van der Waals surface area contributed by atoms with Crippen LogP contribution in [-0.2, 0) is 37.1 Å². The van der Waals surface area contributed by atoms with E-state index in [0.717, 1.165) is 27.1 Å². The normalized spacial score (nSPS) is 17.5. The van der Waals surface area contributed by atoms with E-state index in [2.05, 4.69) is 25.4 Å². The first-order chi connectivity index (χ1) is 25.1. The molecule has 2 atom stereocenters. The number of pyridine rings is 1. The minimum absolute atomic E-state index is 0.0124. The molecule has 2 amide bonds. The first-order valence-corrected chi connectivity index (χ1v) is 17.7. The van der Waals surface area contributed by atoms with E-state index in [4.69, 9.17) is 20.4 Å². The summed E-state index contributed by atoms with van der Waals surface area (Å²) in [4.78, 5) is 71.3. The van der Waals surface area contributed by atoms with Gasteiger partial charge in [-0.25, -0.2) is 29.1 Å². The summed E-state index contributed by atoms with van der Waals surface area (Å²) in [5.41, 5.74) is 5.07. The van der Waals surface area contributed by atoms with Gasteiger partial charge in [0, 0.05) is 43.1 Å². The number of hydrogen-bond acceptors (Lipinski definition) is 13. The van der Waals surface area contributed by atoms with Gasteiger partial charge in [0.15, 0.2) is 35.6 Å².